The topological polar surface area (TPSA) is 71.4 Å². The average Bonchev–Trinajstić information content (AvgIpc) is 3.25. The molecule has 0 radical (unpaired) electrons. The number of amides is 1. The van der Waals surface area contributed by atoms with Gasteiger partial charge in [-0.2, -0.15) is 0 Å². The van der Waals surface area contributed by atoms with E-state index in [0.29, 0.717) is 23.6 Å². The fraction of sp³-hybridized carbons (Fsp3) is 0.296. The molecule has 0 bridgehead atoms. The third kappa shape index (κ3) is 5.27. The van der Waals surface area contributed by atoms with E-state index in [9.17, 15) is 9.59 Å². The van der Waals surface area contributed by atoms with E-state index in [1.54, 1.807) is 18.9 Å². The first-order valence-electron chi connectivity index (χ1n) is 11.6. The molecule has 1 atom stereocenters. The highest BCUT2D eigenvalue weighted by atomic mass is 32.2. The van der Waals surface area contributed by atoms with Crippen molar-refractivity contribution in [1.29, 1.82) is 0 Å². The standard InChI is InChI=1S/C27H29N3O4S/c1-5-29(4)23(31)16-20-17-35-27-28-18(3)24(26(32)33-6-2)25(30(20)27)19-11-10-14-22(15-19)34-21-12-8-7-9-13-21/h7-15,17,25H,5-6,16H2,1-4H3. The number of hydrogen-bond donors (Lipinski definition) is 0. The lowest BCUT2D eigenvalue weighted by Crippen LogP contribution is -2.38. The van der Waals surface area contributed by atoms with Crippen molar-refractivity contribution < 1.29 is 19.1 Å². The second-order valence-corrected chi connectivity index (χ2v) is 9.02. The van der Waals surface area contributed by atoms with E-state index in [2.05, 4.69) is 0 Å². The molecule has 0 aromatic heterocycles. The summed E-state index contributed by atoms with van der Waals surface area (Å²) in [5.74, 6) is 0.959. The maximum absolute atomic E-state index is 13.1. The zero-order valence-corrected chi connectivity index (χ0v) is 21.2. The third-order valence-electron chi connectivity index (χ3n) is 5.88. The zero-order valence-electron chi connectivity index (χ0n) is 20.4. The highest BCUT2D eigenvalue weighted by Crippen LogP contribution is 2.45. The molecule has 1 unspecified atom stereocenters. The molecule has 0 saturated heterocycles. The van der Waals surface area contributed by atoms with Gasteiger partial charge in [0.25, 0.3) is 0 Å². The zero-order chi connectivity index (χ0) is 24.9. The van der Waals surface area contributed by atoms with Gasteiger partial charge < -0.3 is 19.3 Å². The fourth-order valence-corrected chi connectivity index (χ4v) is 4.96. The van der Waals surface area contributed by atoms with E-state index < -0.39 is 12.0 Å². The molecule has 182 valence electrons. The molecular formula is C27H29N3O4S. The maximum Gasteiger partial charge on any atom is 0.338 e. The van der Waals surface area contributed by atoms with Crippen LogP contribution in [0.15, 0.2) is 82.0 Å². The Labute approximate surface area is 210 Å². The van der Waals surface area contributed by atoms with Crippen LogP contribution in [0.5, 0.6) is 11.5 Å². The van der Waals surface area contributed by atoms with E-state index in [0.717, 1.165) is 22.2 Å². The molecule has 35 heavy (non-hydrogen) atoms. The number of para-hydroxylation sites is 1. The van der Waals surface area contributed by atoms with Gasteiger partial charge in [-0.3, -0.25) is 4.79 Å². The van der Waals surface area contributed by atoms with Crippen molar-refractivity contribution in [3.63, 3.8) is 0 Å². The van der Waals surface area contributed by atoms with Gasteiger partial charge in [-0.05, 0) is 56.0 Å². The van der Waals surface area contributed by atoms with Crippen molar-refractivity contribution in [2.24, 2.45) is 4.99 Å². The summed E-state index contributed by atoms with van der Waals surface area (Å²) < 4.78 is 11.5. The number of benzene rings is 2. The second-order valence-electron chi connectivity index (χ2n) is 8.19. The summed E-state index contributed by atoms with van der Waals surface area (Å²) in [6, 6.07) is 16.7. The average molecular weight is 492 g/mol. The molecule has 0 spiro atoms. The Morgan fingerprint density at radius 1 is 1.09 bits per heavy atom. The lowest BCUT2D eigenvalue weighted by molar-refractivity contribution is -0.139. The van der Waals surface area contributed by atoms with Gasteiger partial charge in [-0.25, -0.2) is 9.79 Å². The number of fused-ring (bicyclic) bond motifs is 1. The molecule has 2 aromatic carbocycles. The van der Waals surface area contributed by atoms with Crippen LogP contribution in [0.3, 0.4) is 0 Å². The Balaban J connectivity index is 1.75. The Hall–Kier alpha value is -3.52. The number of aliphatic imine (C=N–C) groups is 1. The van der Waals surface area contributed by atoms with Crippen LogP contribution in [0.1, 0.15) is 38.8 Å². The number of thioether (sulfide) groups is 1. The molecular weight excluding hydrogens is 462 g/mol. The van der Waals surface area contributed by atoms with Gasteiger partial charge in [-0.1, -0.05) is 42.1 Å². The predicted octanol–water partition coefficient (Wildman–Crippen LogP) is 5.49. The van der Waals surface area contributed by atoms with Gasteiger partial charge in [0, 0.05) is 19.3 Å². The minimum atomic E-state index is -0.498. The predicted molar refractivity (Wildman–Crippen MR) is 138 cm³/mol. The Kier molecular flexibility index (Phi) is 7.60. The molecule has 4 rings (SSSR count). The maximum atomic E-state index is 13.1. The van der Waals surface area contributed by atoms with E-state index >= 15 is 0 Å². The SMILES string of the molecule is CCOC(=O)C1=C(C)N=C2SC=C(CC(=O)N(C)CC)N2C1c1cccc(Oc2ccccc2)c1. The van der Waals surface area contributed by atoms with Crippen molar-refractivity contribution in [3.05, 3.63) is 82.5 Å². The normalized spacial score (nSPS) is 16.9. The molecule has 2 aliphatic heterocycles. The van der Waals surface area contributed by atoms with Gasteiger partial charge >= 0.3 is 5.97 Å². The summed E-state index contributed by atoms with van der Waals surface area (Å²) in [5, 5.41) is 2.68. The van der Waals surface area contributed by atoms with Crippen LogP contribution >= 0.6 is 11.8 Å². The number of amidine groups is 1. The van der Waals surface area contributed by atoms with E-state index in [4.69, 9.17) is 14.5 Å². The summed E-state index contributed by atoms with van der Waals surface area (Å²) in [7, 11) is 1.78. The van der Waals surface area contributed by atoms with Crippen LogP contribution in [0, 0.1) is 0 Å². The van der Waals surface area contributed by atoms with Crippen molar-refractivity contribution in [3.8, 4) is 11.5 Å². The number of rotatable bonds is 8. The van der Waals surface area contributed by atoms with Crippen LogP contribution in [0.4, 0.5) is 0 Å². The largest absolute Gasteiger partial charge is 0.463 e. The Morgan fingerprint density at radius 2 is 1.83 bits per heavy atom. The number of allylic oxidation sites excluding steroid dienone is 1. The van der Waals surface area contributed by atoms with E-state index in [1.807, 2.05) is 78.8 Å². The van der Waals surface area contributed by atoms with Crippen molar-refractivity contribution >= 4 is 28.8 Å². The molecule has 2 aromatic rings. The van der Waals surface area contributed by atoms with Crippen molar-refractivity contribution in [1.82, 2.24) is 9.80 Å². The number of carbonyl (C=O) groups excluding carboxylic acids is 2. The molecule has 2 heterocycles. The molecule has 0 N–H and O–H groups in total. The monoisotopic (exact) mass is 491 g/mol. The van der Waals surface area contributed by atoms with Gasteiger partial charge in [0.05, 0.1) is 30.3 Å². The fourth-order valence-electron chi connectivity index (χ4n) is 3.99. The van der Waals surface area contributed by atoms with Gasteiger partial charge in [-0.15, -0.1) is 0 Å². The van der Waals surface area contributed by atoms with Crippen LogP contribution in [-0.4, -0.2) is 47.0 Å². The molecule has 7 nitrogen and oxygen atoms in total. The summed E-state index contributed by atoms with van der Waals surface area (Å²) >= 11 is 1.46. The lowest BCUT2D eigenvalue weighted by atomic mass is 9.93. The van der Waals surface area contributed by atoms with Gasteiger partial charge in [0.15, 0.2) is 5.17 Å². The van der Waals surface area contributed by atoms with E-state index in [-0.39, 0.29) is 18.9 Å². The molecule has 2 aliphatic rings. The van der Waals surface area contributed by atoms with E-state index in [1.165, 1.54) is 11.8 Å². The smallest absolute Gasteiger partial charge is 0.338 e. The number of nitrogens with zero attached hydrogens (tertiary/aromatic N) is 3. The minimum absolute atomic E-state index is 0.00414. The molecule has 0 saturated carbocycles. The van der Waals surface area contributed by atoms with Gasteiger partial charge in [0.1, 0.15) is 11.5 Å². The Morgan fingerprint density at radius 3 is 2.54 bits per heavy atom. The summed E-state index contributed by atoms with van der Waals surface area (Å²) in [6.45, 7) is 6.42. The Bertz CT molecular complexity index is 1210. The van der Waals surface area contributed by atoms with Crippen molar-refractivity contribution in [2.45, 2.75) is 33.2 Å². The first-order chi connectivity index (χ1) is 16.9. The quantitative estimate of drug-likeness (QED) is 0.455. The minimum Gasteiger partial charge on any atom is -0.463 e. The molecule has 0 fully saturated rings. The third-order valence-corrected chi connectivity index (χ3v) is 6.77. The lowest BCUT2D eigenvalue weighted by Gasteiger charge is -2.36. The number of carbonyl (C=O) groups is 2. The number of hydrogen-bond acceptors (Lipinski definition) is 7. The molecule has 8 heteroatoms. The summed E-state index contributed by atoms with van der Waals surface area (Å²) in [6.07, 6.45) is 0.211. The van der Waals surface area contributed by atoms with Crippen LogP contribution in [0.25, 0.3) is 0 Å². The number of esters is 1. The first-order valence-corrected chi connectivity index (χ1v) is 12.5. The van der Waals surface area contributed by atoms with Gasteiger partial charge in [0.2, 0.25) is 5.91 Å². The highest BCUT2D eigenvalue weighted by Gasteiger charge is 2.41. The molecule has 1 amide bonds. The number of ether oxygens (including phenoxy) is 2. The second kappa shape index (κ2) is 10.8. The van der Waals surface area contributed by atoms with Crippen LogP contribution in [0.2, 0.25) is 0 Å². The summed E-state index contributed by atoms with van der Waals surface area (Å²) in [5.41, 5.74) is 2.70. The van der Waals surface area contributed by atoms with Crippen LogP contribution in [-0.2, 0) is 14.3 Å². The first kappa shape index (κ1) is 24.6. The summed E-state index contributed by atoms with van der Waals surface area (Å²) in [4.78, 5) is 34.3. The highest BCUT2D eigenvalue weighted by molar-refractivity contribution is 8.16. The molecule has 0 aliphatic carbocycles. The van der Waals surface area contributed by atoms with Crippen molar-refractivity contribution in [2.75, 3.05) is 20.2 Å². The van der Waals surface area contributed by atoms with Crippen LogP contribution < -0.4 is 4.74 Å².